The van der Waals surface area contributed by atoms with Crippen molar-refractivity contribution in [2.45, 2.75) is 13.8 Å². The maximum Gasteiger partial charge on any atom is 0.162 e. The number of alkyl halides is 1. The normalized spacial score (nSPS) is 11.6. The van der Waals surface area contributed by atoms with Crippen molar-refractivity contribution in [3.05, 3.63) is 27.7 Å². The first-order chi connectivity index (χ1) is 7.45. The zero-order valence-electron chi connectivity index (χ0n) is 9.05. The SMILES string of the molecule is CC(=O)c1cc(Br)c(C)cc1N=C(N)CCl. The average Bonchev–Trinajstić information content (AvgIpc) is 2.22. The summed E-state index contributed by atoms with van der Waals surface area (Å²) in [7, 11) is 0. The molecular weight excluding hydrogens is 291 g/mol. The van der Waals surface area contributed by atoms with Gasteiger partial charge in [0.1, 0.15) is 5.84 Å². The van der Waals surface area contributed by atoms with Gasteiger partial charge in [0, 0.05) is 10.0 Å². The van der Waals surface area contributed by atoms with Crippen LogP contribution in [-0.2, 0) is 0 Å². The minimum Gasteiger partial charge on any atom is -0.386 e. The van der Waals surface area contributed by atoms with E-state index in [2.05, 4.69) is 20.9 Å². The fraction of sp³-hybridized carbons (Fsp3) is 0.273. The van der Waals surface area contributed by atoms with Gasteiger partial charge >= 0.3 is 0 Å². The maximum atomic E-state index is 11.4. The van der Waals surface area contributed by atoms with Crippen molar-refractivity contribution >= 4 is 44.8 Å². The Morgan fingerprint density at radius 1 is 1.56 bits per heavy atom. The van der Waals surface area contributed by atoms with Gasteiger partial charge in [-0.2, -0.15) is 0 Å². The van der Waals surface area contributed by atoms with Crippen molar-refractivity contribution in [3.63, 3.8) is 0 Å². The molecule has 5 heteroatoms. The van der Waals surface area contributed by atoms with Crippen molar-refractivity contribution in [1.29, 1.82) is 0 Å². The molecule has 0 fully saturated rings. The molecule has 0 aliphatic carbocycles. The molecule has 0 aromatic heterocycles. The second-order valence-corrected chi connectivity index (χ2v) is 4.53. The summed E-state index contributed by atoms with van der Waals surface area (Å²) in [6, 6.07) is 3.55. The van der Waals surface area contributed by atoms with Crippen LogP contribution in [0.25, 0.3) is 0 Å². The Morgan fingerprint density at radius 2 is 2.19 bits per heavy atom. The Morgan fingerprint density at radius 3 is 2.69 bits per heavy atom. The molecule has 0 unspecified atom stereocenters. The van der Waals surface area contributed by atoms with E-state index in [1.54, 1.807) is 12.1 Å². The fourth-order valence-corrected chi connectivity index (χ4v) is 1.63. The molecule has 86 valence electrons. The molecule has 0 saturated carbocycles. The van der Waals surface area contributed by atoms with E-state index in [9.17, 15) is 4.79 Å². The number of ketones is 1. The predicted molar refractivity (Wildman–Crippen MR) is 70.9 cm³/mol. The Kier molecular flexibility index (Phi) is 4.50. The Labute approximate surface area is 108 Å². The van der Waals surface area contributed by atoms with Gasteiger partial charge in [0.15, 0.2) is 5.78 Å². The van der Waals surface area contributed by atoms with E-state index in [1.165, 1.54) is 6.92 Å². The highest BCUT2D eigenvalue weighted by atomic mass is 79.9. The zero-order chi connectivity index (χ0) is 12.3. The summed E-state index contributed by atoms with van der Waals surface area (Å²) in [5.41, 5.74) is 7.64. The van der Waals surface area contributed by atoms with E-state index in [0.29, 0.717) is 17.1 Å². The molecule has 1 aromatic rings. The van der Waals surface area contributed by atoms with Crippen LogP contribution < -0.4 is 5.73 Å². The lowest BCUT2D eigenvalue weighted by Crippen LogP contribution is -2.12. The molecule has 1 aromatic carbocycles. The Bertz CT molecular complexity index is 458. The zero-order valence-corrected chi connectivity index (χ0v) is 11.4. The summed E-state index contributed by atoms with van der Waals surface area (Å²) in [5.74, 6) is 0.389. The molecule has 0 amide bonds. The highest BCUT2D eigenvalue weighted by molar-refractivity contribution is 9.10. The van der Waals surface area contributed by atoms with Crippen molar-refractivity contribution in [3.8, 4) is 0 Å². The fourth-order valence-electron chi connectivity index (χ4n) is 1.23. The number of nitrogens with zero attached hydrogens (tertiary/aromatic N) is 1. The van der Waals surface area contributed by atoms with Crippen LogP contribution in [0.2, 0.25) is 0 Å². The van der Waals surface area contributed by atoms with Crippen LogP contribution in [0.15, 0.2) is 21.6 Å². The second kappa shape index (κ2) is 5.46. The number of amidine groups is 1. The molecule has 0 aliphatic heterocycles. The molecule has 0 aliphatic rings. The Balaban J connectivity index is 3.36. The lowest BCUT2D eigenvalue weighted by Gasteiger charge is -2.06. The number of hydrogen-bond acceptors (Lipinski definition) is 2. The summed E-state index contributed by atoms with van der Waals surface area (Å²) in [6.07, 6.45) is 0. The third kappa shape index (κ3) is 3.06. The molecule has 2 N–H and O–H groups in total. The van der Waals surface area contributed by atoms with Gasteiger partial charge in [0.25, 0.3) is 0 Å². The number of benzene rings is 1. The van der Waals surface area contributed by atoms with Crippen LogP contribution in [-0.4, -0.2) is 17.5 Å². The lowest BCUT2D eigenvalue weighted by molar-refractivity contribution is 0.101. The first-order valence-electron chi connectivity index (χ1n) is 4.65. The van der Waals surface area contributed by atoms with Crippen LogP contribution in [0.5, 0.6) is 0 Å². The van der Waals surface area contributed by atoms with Gasteiger partial charge < -0.3 is 5.73 Å². The highest BCUT2D eigenvalue weighted by Crippen LogP contribution is 2.27. The molecule has 3 nitrogen and oxygen atoms in total. The number of aryl methyl sites for hydroxylation is 1. The number of halogens is 2. The Hall–Kier alpha value is -0.870. The minimum absolute atomic E-state index is 0.0539. The number of rotatable bonds is 3. The van der Waals surface area contributed by atoms with Gasteiger partial charge in [-0.05, 0) is 31.5 Å². The molecule has 0 saturated heterocycles. The highest BCUT2D eigenvalue weighted by Gasteiger charge is 2.09. The van der Waals surface area contributed by atoms with Crippen molar-refractivity contribution < 1.29 is 4.79 Å². The number of aliphatic imine (C=N–C) groups is 1. The number of hydrogen-bond donors (Lipinski definition) is 1. The lowest BCUT2D eigenvalue weighted by atomic mass is 10.1. The summed E-state index contributed by atoms with van der Waals surface area (Å²) in [5, 5.41) is 0. The van der Waals surface area contributed by atoms with Gasteiger partial charge in [0.05, 0.1) is 11.6 Å². The topological polar surface area (TPSA) is 55.5 Å². The van der Waals surface area contributed by atoms with Crippen LogP contribution in [0, 0.1) is 6.92 Å². The molecule has 0 radical (unpaired) electrons. The summed E-state index contributed by atoms with van der Waals surface area (Å²) in [4.78, 5) is 15.6. The first-order valence-corrected chi connectivity index (χ1v) is 5.98. The predicted octanol–water partition coefficient (Wildman–Crippen LogP) is 3.19. The molecular formula is C11H12BrClN2O. The quantitative estimate of drug-likeness (QED) is 0.403. The van der Waals surface area contributed by atoms with E-state index in [0.717, 1.165) is 10.0 Å². The third-order valence-corrected chi connectivity index (χ3v) is 3.19. The maximum absolute atomic E-state index is 11.4. The molecule has 0 bridgehead atoms. The largest absolute Gasteiger partial charge is 0.386 e. The van der Waals surface area contributed by atoms with Crippen molar-refractivity contribution in [2.24, 2.45) is 10.7 Å². The average molecular weight is 304 g/mol. The second-order valence-electron chi connectivity index (χ2n) is 3.41. The van der Waals surface area contributed by atoms with Crippen LogP contribution in [0.3, 0.4) is 0 Å². The third-order valence-electron chi connectivity index (χ3n) is 2.06. The number of Topliss-reactive ketones (excluding diaryl/α,β-unsaturated/α-hetero) is 1. The number of carbonyl (C=O) groups is 1. The van der Waals surface area contributed by atoms with Gasteiger partial charge in [-0.15, -0.1) is 11.6 Å². The van der Waals surface area contributed by atoms with Crippen molar-refractivity contribution in [2.75, 3.05) is 5.88 Å². The van der Waals surface area contributed by atoms with E-state index in [1.807, 2.05) is 6.92 Å². The minimum atomic E-state index is -0.0539. The van der Waals surface area contributed by atoms with Crippen LogP contribution >= 0.6 is 27.5 Å². The molecule has 0 heterocycles. The number of carbonyl (C=O) groups excluding carboxylic acids is 1. The summed E-state index contributed by atoms with van der Waals surface area (Å²) in [6.45, 7) is 3.41. The van der Waals surface area contributed by atoms with Gasteiger partial charge in [0.2, 0.25) is 0 Å². The van der Waals surface area contributed by atoms with Crippen LogP contribution in [0.4, 0.5) is 5.69 Å². The standard InChI is InChI=1S/C11H12BrClN2O/c1-6-3-10(15-11(14)5-13)8(7(2)16)4-9(6)12/h3-4H,5H2,1-2H3,(H2,14,15). The summed E-state index contributed by atoms with van der Waals surface area (Å²) < 4.78 is 0.876. The van der Waals surface area contributed by atoms with E-state index < -0.39 is 0 Å². The smallest absolute Gasteiger partial charge is 0.162 e. The van der Waals surface area contributed by atoms with Gasteiger partial charge in [-0.3, -0.25) is 4.79 Å². The van der Waals surface area contributed by atoms with Gasteiger partial charge in [-0.1, -0.05) is 15.9 Å². The van der Waals surface area contributed by atoms with E-state index in [-0.39, 0.29) is 11.7 Å². The molecule has 0 atom stereocenters. The van der Waals surface area contributed by atoms with Gasteiger partial charge in [-0.25, -0.2) is 4.99 Å². The monoisotopic (exact) mass is 302 g/mol. The first kappa shape index (κ1) is 13.2. The molecule has 1 rings (SSSR count). The summed E-state index contributed by atoms with van der Waals surface area (Å²) >= 11 is 8.93. The van der Waals surface area contributed by atoms with E-state index in [4.69, 9.17) is 17.3 Å². The van der Waals surface area contributed by atoms with Crippen molar-refractivity contribution in [1.82, 2.24) is 0 Å². The molecule has 16 heavy (non-hydrogen) atoms. The van der Waals surface area contributed by atoms with E-state index >= 15 is 0 Å². The van der Waals surface area contributed by atoms with Crippen LogP contribution in [0.1, 0.15) is 22.8 Å². The number of nitrogens with two attached hydrogens (primary N) is 1. The molecule has 0 spiro atoms.